The van der Waals surface area contributed by atoms with Gasteiger partial charge in [0.15, 0.2) is 0 Å². The van der Waals surface area contributed by atoms with Crippen molar-refractivity contribution in [3.63, 3.8) is 0 Å². The van der Waals surface area contributed by atoms with E-state index in [9.17, 15) is 19.8 Å². The number of benzene rings is 3. The summed E-state index contributed by atoms with van der Waals surface area (Å²) in [5, 5.41) is 23.6. The molecule has 38 heavy (non-hydrogen) atoms. The Morgan fingerprint density at radius 3 is 1.61 bits per heavy atom. The lowest BCUT2D eigenvalue weighted by Gasteiger charge is -2.21. The summed E-state index contributed by atoms with van der Waals surface area (Å²) in [5.41, 5.74) is 2.35. The number of ether oxygens (including phenoxy) is 1. The zero-order valence-electron chi connectivity index (χ0n) is 21.4. The van der Waals surface area contributed by atoms with Gasteiger partial charge in [0, 0.05) is 0 Å². The highest BCUT2D eigenvalue weighted by molar-refractivity contribution is 9.10. The van der Waals surface area contributed by atoms with Gasteiger partial charge in [-0.3, -0.25) is 0 Å². The maximum Gasteiger partial charge on any atom is 0.344 e. The zero-order valence-corrected chi connectivity index (χ0v) is 23.0. The molecule has 5 aromatic rings. The van der Waals surface area contributed by atoms with Gasteiger partial charge in [-0.05, 0) is 108 Å². The topological polar surface area (TPSA) is 110 Å². The third-order valence-electron chi connectivity index (χ3n) is 7.14. The van der Waals surface area contributed by atoms with E-state index in [1.54, 1.807) is 42.5 Å². The second-order valence-electron chi connectivity index (χ2n) is 9.50. The third kappa shape index (κ3) is 4.05. The summed E-state index contributed by atoms with van der Waals surface area (Å²) in [5.74, 6) is -1.37. The molecule has 0 aliphatic rings. The summed E-state index contributed by atoms with van der Waals surface area (Å²) in [7, 11) is 1.51. The van der Waals surface area contributed by atoms with Crippen LogP contribution in [0.1, 0.15) is 44.9 Å². The summed E-state index contributed by atoms with van der Waals surface area (Å²) < 4.78 is 17.2. The minimum atomic E-state index is -1.22. The molecule has 0 aliphatic carbocycles. The van der Waals surface area contributed by atoms with Gasteiger partial charge >= 0.3 is 11.3 Å². The summed E-state index contributed by atoms with van der Waals surface area (Å²) in [6.45, 7) is 7.51. The molecule has 0 saturated carbocycles. The fraction of sp³-hybridized carbons (Fsp3) is 0.200. The molecule has 2 heterocycles. The van der Waals surface area contributed by atoms with Crippen LogP contribution < -0.4 is 16.0 Å². The summed E-state index contributed by atoms with van der Waals surface area (Å²) in [4.78, 5) is 26.9. The van der Waals surface area contributed by atoms with Gasteiger partial charge in [0.1, 0.15) is 28.4 Å². The molecule has 0 saturated heterocycles. The van der Waals surface area contributed by atoms with Crippen molar-refractivity contribution in [2.75, 3.05) is 7.11 Å². The van der Waals surface area contributed by atoms with E-state index >= 15 is 0 Å². The highest BCUT2D eigenvalue weighted by Crippen LogP contribution is 2.43. The Labute approximate surface area is 226 Å². The maximum absolute atomic E-state index is 13.5. The predicted molar refractivity (Wildman–Crippen MR) is 149 cm³/mol. The molecule has 0 amide bonds. The van der Waals surface area contributed by atoms with E-state index in [0.29, 0.717) is 26.6 Å². The van der Waals surface area contributed by atoms with Gasteiger partial charge in [0.25, 0.3) is 0 Å². The van der Waals surface area contributed by atoms with Crippen molar-refractivity contribution in [3.05, 3.63) is 107 Å². The molecule has 0 spiro atoms. The van der Waals surface area contributed by atoms with E-state index in [1.165, 1.54) is 7.11 Å². The molecule has 2 N–H and O–H groups in total. The molecule has 2 aromatic heterocycles. The number of aromatic hydroxyl groups is 2. The summed E-state index contributed by atoms with van der Waals surface area (Å²) >= 11 is 3.46. The van der Waals surface area contributed by atoms with Gasteiger partial charge in [-0.25, -0.2) is 9.59 Å². The average Bonchev–Trinajstić information content (AvgIpc) is 2.86. The second-order valence-corrected chi connectivity index (χ2v) is 10.4. The van der Waals surface area contributed by atoms with Crippen molar-refractivity contribution in [1.82, 2.24) is 0 Å². The number of hydrogen-bond acceptors (Lipinski definition) is 7. The monoisotopic (exact) mass is 576 g/mol. The van der Waals surface area contributed by atoms with Crippen molar-refractivity contribution in [2.24, 2.45) is 0 Å². The van der Waals surface area contributed by atoms with Gasteiger partial charge in [-0.2, -0.15) is 0 Å². The SMILES string of the molecule is COc1ccc(C(c2c(O)c3cc(C)c(C)cc3oc2=O)c2c(O)c3cc(C)c(C)cc3oc2=O)cc1Br. The van der Waals surface area contributed by atoms with Crippen molar-refractivity contribution in [1.29, 1.82) is 0 Å². The Balaban J connectivity index is 1.92. The highest BCUT2D eigenvalue weighted by Gasteiger charge is 2.33. The Morgan fingerprint density at radius 2 is 1.18 bits per heavy atom. The minimum Gasteiger partial charge on any atom is -0.507 e. The van der Waals surface area contributed by atoms with Crippen molar-refractivity contribution >= 4 is 37.9 Å². The Bertz CT molecular complexity index is 1770. The highest BCUT2D eigenvalue weighted by atomic mass is 79.9. The minimum absolute atomic E-state index is 0.191. The largest absolute Gasteiger partial charge is 0.507 e. The molecule has 5 rings (SSSR count). The van der Waals surface area contributed by atoms with Crippen LogP contribution in [0.2, 0.25) is 0 Å². The van der Waals surface area contributed by atoms with E-state index in [0.717, 1.165) is 22.3 Å². The summed E-state index contributed by atoms with van der Waals surface area (Å²) in [6.07, 6.45) is 0. The lowest BCUT2D eigenvalue weighted by Crippen LogP contribution is -2.21. The molecule has 8 heteroatoms. The predicted octanol–water partition coefficient (Wildman–Crippen LogP) is 6.50. The van der Waals surface area contributed by atoms with E-state index in [4.69, 9.17) is 13.6 Å². The Morgan fingerprint density at radius 1 is 0.737 bits per heavy atom. The van der Waals surface area contributed by atoms with Crippen molar-refractivity contribution in [3.8, 4) is 17.2 Å². The molecule has 0 bridgehead atoms. The van der Waals surface area contributed by atoms with Crippen LogP contribution in [-0.2, 0) is 0 Å². The van der Waals surface area contributed by atoms with Crippen LogP contribution in [0.4, 0.5) is 0 Å². The maximum atomic E-state index is 13.5. The van der Waals surface area contributed by atoms with Gasteiger partial charge in [0.2, 0.25) is 0 Å². The second kappa shape index (κ2) is 9.36. The standard InChI is InChI=1S/C30H25BrO7/c1-13-8-18-22(10-15(13)3)37-29(34)25(27(18)32)24(17-6-7-21(36-5)20(31)12-17)26-28(33)19-9-14(2)16(4)11-23(19)38-30(26)35/h6-12,24,32-33H,1-5H3. The molecule has 7 nitrogen and oxygen atoms in total. The van der Waals surface area contributed by atoms with Crippen LogP contribution in [0.3, 0.4) is 0 Å². The molecule has 0 radical (unpaired) electrons. The van der Waals surface area contributed by atoms with E-state index in [1.807, 2.05) is 27.7 Å². The van der Waals surface area contributed by atoms with Crippen LogP contribution in [0, 0.1) is 27.7 Å². The lowest BCUT2D eigenvalue weighted by molar-refractivity contribution is 0.412. The van der Waals surface area contributed by atoms with Crippen LogP contribution in [0.25, 0.3) is 21.9 Å². The quantitative estimate of drug-likeness (QED) is 0.235. The fourth-order valence-corrected chi connectivity index (χ4v) is 5.32. The number of hydrogen-bond donors (Lipinski definition) is 2. The third-order valence-corrected chi connectivity index (χ3v) is 7.76. The normalized spacial score (nSPS) is 11.6. The first-order chi connectivity index (χ1) is 18.0. The Kier molecular flexibility index (Phi) is 6.31. The zero-order chi connectivity index (χ0) is 27.5. The average molecular weight is 577 g/mol. The molecule has 0 unspecified atom stereocenters. The number of fused-ring (bicyclic) bond motifs is 2. The molecule has 0 aliphatic heterocycles. The Hall–Kier alpha value is -4.04. The van der Waals surface area contributed by atoms with Gasteiger partial charge < -0.3 is 23.8 Å². The van der Waals surface area contributed by atoms with Crippen molar-refractivity contribution < 1.29 is 23.8 Å². The molecule has 3 aromatic carbocycles. The van der Waals surface area contributed by atoms with Gasteiger partial charge in [-0.15, -0.1) is 0 Å². The van der Waals surface area contributed by atoms with Crippen molar-refractivity contribution in [2.45, 2.75) is 33.6 Å². The fourth-order valence-electron chi connectivity index (χ4n) is 4.76. The first-order valence-corrected chi connectivity index (χ1v) is 12.7. The molecule has 0 fully saturated rings. The molecular weight excluding hydrogens is 552 g/mol. The lowest BCUT2D eigenvalue weighted by atomic mass is 9.84. The number of methoxy groups -OCH3 is 1. The van der Waals surface area contributed by atoms with E-state index in [2.05, 4.69) is 15.9 Å². The number of aryl methyl sites for hydroxylation is 4. The summed E-state index contributed by atoms with van der Waals surface area (Å²) in [6, 6.07) is 11.8. The van der Waals surface area contributed by atoms with Crippen LogP contribution >= 0.6 is 15.9 Å². The van der Waals surface area contributed by atoms with Gasteiger partial charge in [-0.1, -0.05) is 6.07 Å². The van der Waals surface area contributed by atoms with Crippen LogP contribution in [0.15, 0.2) is 65.4 Å². The van der Waals surface area contributed by atoms with E-state index in [-0.39, 0.29) is 33.8 Å². The first kappa shape index (κ1) is 25.6. The first-order valence-electron chi connectivity index (χ1n) is 11.9. The van der Waals surface area contributed by atoms with Crippen LogP contribution in [-0.4, -0.2) is 17.3 Å². The molecular formula is C30H25BrO7. The number of rotatable bonds is 4. The molecule has 194 valence electrons. The molecule has 0 atom stereocenters. The van der Waals surface area contributed by atoms with E-state index < -0.39 is 17.2 Å². The van der Waals surface area contributed by atoms with Gasteiger partial charge in [0.05, 0.1) is 39.4 Å². The smallest absolute Gasteiger partial charge is 0.344 e. The number of halogens is 1. The van der Waals surface area contributed by atoms with Crippen LogP contribution in [0.5, 0.6) is 17.2 Å².